The van der Waals surface area contributed by atoms with E-state index >= 15 is 0 Å². The molecule has 2 fully saturated rings. The second kappa shape index (κ2) is 9.24. The maximum Gasteiger partial charge on any atom is 0.274 e. The molecule has 33 heavy (non-hydrogen) atoms. The zero-order valence-electron chi connectivity index (χ0n) is 20.4. The van der Waals surface area contributed by atoms with Gasteiger partial charge in [0.2, 0.25) is 5.91 Å². The average molecular weight is 449 g/mol. The van der Waals surface area contributed by atoms with Crippen LogP contribution in [-0.4, -0.2) is 57.3 Å². The van der Waals surface area contributed by atoms with Gasteiger partial charge in [-0.05, 0) is 49.0 Å². The number of carbonyl (C=O) groups is 2. The molecule has 1 aliphatic heterocycles. The molecule has 1 aliphatic carbocycles. The van der Waals surface area contributed by atoms with Crippen LogP contribution in [0.25, 0.3) is 0 Å². The third-order valence-corrected chi connectivity index (χ3v) is 7.13. The van der Waals surface area contributed by atoms with Crippen molar-refractivity contribution in [2.75, 3.05) is 19.6 Å². The number of amides is 2. The molecule has 0 radical (unpaired) electrons. The molecule has 6 heteroatoms. The first kappa shape index (κ1) is 23.4. The Morgan fingerprint density at radius 3 is 2.52 bits per heavy atom. The molecule has 2 aromatic rings. The smallest absolute Gasteiger partial charge is 0.274 e. The molecule has 2 heterocycles. The van der Waals surface area contributed by atoms with Crippen LogP contribution in [0.1, 0.15) is 68.2 Å². The molecule has 1 saturated heterocycles. The Kier molecular flexibility index (Phi) is 6.55. The molecule has 2 atom stereocenters. The van der Waals surface area contributed by atoms with E-state index in [1.165, 1.54) is 11.8 Å². The Bertz CT molecular complexity index is 989. The average Bonchev–Trinajstić information content (AvgIpc) is 3.03. The molecule has 1 aromatic carbocycles. The summed E-state index contributed by atoms with van der Waals surface area (Å²) in [5, 5.41) is 0. The quantitative estimate of drug-likeness (QED) is 0.634. The first-order valence-corrected chi connectivity index (χ1v) is 12.1. The zero-order chi connectivity index (χ0) is 23.6. The van der Waals surface area contributed by atoms with Crippen LogP contribution >= 0.6 is 0 Å². The molecular weight excluding hydrogens is 412 g/mol. The number of likely N-dealkylation sites (tertiary alicyclic amines) is 1. The number of rotatable bonds is 7. The van der Waals surface area contributed by atoms with Crippen LogP contribution in [0.5, 0.6) is 0 Å². The van der Waals surface area contributed by atoms with Crippen molar-refractivity contribution in [2.24, 2.45) is 10.8 Å². The number of fused-ring (bicyclic) bond motifs is 2. The summed E-state index contributed by atoms with van der Waals surface area (Å²) in [4.78, 5) is 38.9. The molecule has 0 spiro atoms. The van der Waals surface area contributed by atoms with Crippen molar-refractivity contribution in [1.82, 2.24) is 19.8 Å². The van der Waals surface area contributed by atoms with Crippen LogP contribution in [0, 0.1) is 17.8 Å². The van der Waals surface area contributed by atoms with Crippen molar-refractivity contribution in [1.29, 1.82) is 0 Å². The van der Waals surface area contributed by atoms with E-state index in [4.69, 9.17) is 0 Å². The van der Waals surface area contributed by atoms with E-state index < -0.39 is 0 Å². The van der Waals surface area contributed by atoms with Gasteiger partial charge in [-0.25, -0.2) is 4.98 Å². The molecular formula is C27H36N4O2. The molecule has 4 rings (SSSR count). The van der Waals surface area contributed by atoms with Crippen LogP contribution in [0.15, 0.2) is 42.7 Å². The van der Waals surface area contributed by atoms with Gasteiger partial charge in [0.15, 0.2) is 0 Å². The highest BCUT2D eigenvalue weighted by Gasteiger charge is 2.50. The summed E-state index contributed by atoms with van der Waals surface area (Å²) in [6.07, 6.45) is 7.53. The van der Waals surface area contributed by atoms with Crippen LogP contribution in [0.2, 0.25) is 0 Å². The maximum absolute atomic E-state index is 13.3. The standard InChI is InChI=1S/C27H36N4O2/c1-20-16-29-23(17-28-20)25(33)30(12-10-21-8-6-5-7-9-21)13-11-24(32)31-19-27(4)15-22(31)14-26(2,3)18-27/h5-9,16-17,22H,10-15,18-19H2,1-4H3. The van der Waals surface area contributed by atoms with Gasteiger partial charge >= 0.3 is 0 Å². The van der Waals surface area contributed by atoms with Crippen molar-refractivity contribution in [3.05, 3.63) is 59.7 Å². The lowest BCUT2D eigenvalue weighted by Gasteiger charge is -2.39. The number of aromatic nitrogens is 2. The highest BCUT2D eigenvalue weighted by Crippen LogP contribution is 2.52. The van der Waals surface area contributed by atoms with Crippen molar-refractivity contribution >= 4 is 11.8 Å². The van der Waals surface area contributed by atoms with Gasteiger partial charge in [-0.3, -0.25) is 14.6 Å². The number of benzene rings is 1. The van der Waals surface area contributed by atoms with Gasteiger partial charge in [-0.15, -0.1) is 0 Å². The minimum atomic E-state index is -0.167. The van der Waals surface area contributed by atoms with Crippen LogP contribution in [0.4, 0.5) is 0 Å². The third-order valence-electron chi connectivity index (χ3n) is 7.13. The second-order valence-electron chi connectivity index (χ2n) is 11.1. The van der Waals surface area contributed by atoms with Crippen LogP contribution < -0.4 is 0 Å². The molecule has 1 aromatic heterocycles. The summed E-state index contributed by atoms with van der Waals surface area (Å²) in [6, 6.07) is 10.4. The van der Waals surface area contributed by atoms with E-state index in [-0.39, 0.29) is 22.6 Å². The first-order valence-electron chi connectivity index (χ1n) is 12.1. The van der Waals surface area contributed by atoms with Gasteiger partial charge in [0.05, 0.1) is 11.9 Å². The molecule has 2 unspecified atom stereocenters. The fourth-order valence-corrected chi connectivity index (χ4v) is 6.01. The number of hydrogen-bond donors (Lipinski definition) is 0. The third kappa shape index (κ3) is 5.60. The Morgan fingerprint density at radius 2 is 1.82 bits per heavy atom. The van der Waals surface area contributed by atoms with Crippen molar-refractivity contribution < 1.29 is 9.59 Å². The largest absolute Gasteiger partial charge is 0.339 e. The summed E-state index contributed by atoms with van der Waals surface area (Å²) in [5.41, 5.74) is 2.75. The number of hydrogen-bond acceptors (Lipinski definition) is 4. The first-order chi connectivity index (χ1) is 15.6. The van der Waals surface area contributed by atoms with Crippen molar-refractivity contribution in [3.63, 3.8) is 0 Å². The summed E-state index contributed by atoms with van der Waals surface area (Å²) in [7, 11) is 0. The van der Waals surface area contributed by atoms with Crippen LogP contribution in [0.3, 0.4) is 0 Å². The van der Waals surface area contributed by atoms with E-state index in [1.807, 2.05) is 25.1 Å². The number of carbonyl (C=O) groups excluding carboxylic acids is 2. The molecule has 2 aliphatic rings. The summed E-state index contributed by atoms with van der Waals surface area (Å²) in [6.45, 7) is 10.6. The topological polar surface area (TPSA) is 66.4 Å². The number of aryl methyl sites for hydroxylation is 1. The predicted molar refractivity (Wildman–Crippen MR) is 129 cm³/mol. The van der Waals surface area contributed by atoms with E-state index in [2.05, 4.69) is 47.8 Å². The predicted octanol–water partition coefficient (Wildman–Crippen LogP) is 4.29. The molecule has 1 saturated carbocycles. The monoisotopic (exact) mass is 448 g/mol. The normalized spacial score (nSPS) is 23.4. The molecule has 176 valence electrons. The van der Waals surface area contributed by atoms with Gasteiger partial charge in [0, 0.05) is 38.3 Å². The Labute approximate surface area is 197 Å². The molecule has 6 nitrogen and oxygen atoms in total. The SMILES string of the molecule is Cc1cnc(C(=O)N(CCC(=O)N2CC3(C)CC2CC(C)(C)C3)CCc2ccccc2)cn1. The Hall–Kier alpha value is -2.76. The Balaban J connectivity index is 1.44. The minimum Gasteiger partial charge on any atom is -0.339 e. The molecule has 2 bridgehead atoms. The summed E-state index contributed by atoms with van der Waals surface area (Å²) >= 11 is 0. The number of nitrogens with zero attached hydrogens (tertiary/aromatic N) is 4. The summed E-state index contributed by atoms with van der Waals surface area (Å²) < 4.78 is 0. The van der Waals surface area contributed by atoms with Gasteiger partial charge in [0.1, 0.15) is 5.69 Å². The van der Waals surface area contributed by atoms with E-state index in [0.717, 1.165) is 37.9 Å². The van der Waals surface area contributed by atoms with Gasteiger partial charge in [-0.2, -0.15) is 0 Å². The fourth-order valence-electron chi connectivity index (χ4n) is 6.01. The van der Waals surface area contributed by atoms with Gasteiger partial charge < -0.3 is 9.80 Å². The second-order valence-corrected chi connectivity index (χ2v) is 11.1. The lowest BCUT2D eigenvalue weighted by atomic mass is 9.65. The maximum atomic E-state index is 13.3. The molecule has 0 N–H and O–H groups in total. The van der Waals surface area contributed by atoms with Gasteiger partial charge in [0.25, 0.3) is 5.91 Å². The summed E-state index contributed by atoms with van der Waals surface area (Å²) in [5.74, 6) is -0.00609. The lowest BCUT2D eigenvalue weighted by Crippen LogP contribution is -2.41. The van der Waals surface area contributed by atoms with E-state index in [0.29, 0.717) is 31.2 Å². The minimum absolute atomic E-state index is 0.161. The van der Waals surface area contributed by atoms with Crippen LogP contribution in [-0.2, 0) is 11.2 Å². The fraction of sp³-hybridized carbons (Fsp3) is 0.556. The van der Waals surface area contributed by atoms with Gasteiger partial charge in [-0.1, -0.05) is 51.1 Å². The lowest BCUT2D eigenvalue weighted by molar-refractivity contribution is -0.132. The zero-order valence-corrected chi connectivity index (χ0v) is 20.4. The van der Waals surface area contributed by atoms with Crippen molar-refractivity contribution in [3.8, 4) is 0 Å². The van der Waals surface area contributed by atoms with E-state index in [1.54, 1.807) is 11.1 Å². The Morgan fingerprint density at radius 1 is 1.06 bits per heavy atom. The highest BCUT2D eigenvalue weighted by molar-refractivity contribution is 5.92. The van der Waals surface area contributed by atoms with Crippen molar-refractivity contribution in [2.45, 2.75) is 65.8 Å². The van der Waals surface area contributed by atoms with E-state index in [9.17, 15) is 9.59 Å². The highest BCUT2D eigenvalue weighted by atomic mass is 16.2. The molecule has 2 amide bonds.